The van der Waals surface area contributed by atoms with Crippen molar-refractivity contribution >= 4 is 57.4 Å². The highest BCUT2D eigenvalue weighted by atomic mass is 127. The lowest BCUT2D eigenvalue weighted by molar-refractivity contribution is 0.0827. The van der Waals surface area contributed by atoms with Gasteiger partial charge < -0.3 is 10.2 Å². The number of benzene rings is 2. The van der Waals surface area contributed by atoms with Crippen LogP contribution in [0.2, 0.25) is 0 Å². The predicted molar refractivity (Wildman–Crippen MR) is 112 cm³/mol. The van der Waals surface area contributed by atoms with E-state index in [1.807, 2.05) is 19.1 Å². The summed E-state index contributed by atoms with van der Waals surface area (Å²) in [6.45, 7) is 1.98. The molecule has 0 bridgehead atoms. The largest absolute Gasteiger partial charge is 0.345 e. The molecule has 0 saturated heterocycles. The number of anilines is 1. The molecular formula is C18H18IN3O2S. The van der Waals surface area contributed by atoms with E-state index in [0.29, 0.717) is 16.8 Å². The van der Waals surface area contributed by atoms with Crippen molar-refractivity contribution in [2.75, 3.05) is 19.4 Å². The molecule has 0 spiro atoms. The van der Waals surface area contributed by atoms with Crippen molar-refractivity contribution < 1.29 is 9.59 Å². The SMILES string of the molecule is Cc1ccc(C(=O)NC(=S)Nc2cccc(C(=O)N(C)C)c2)cc1I. The number of rotatable bonds is 3. The third kappa shape index (κ3) is 5.23. The van der Waals surface area contributed by atoms with Crippen LogP contribution < -0.4 is 10.6 Å². The highest BCUT2D eigenvalue weighted by Crippen LogP contribution is 2.14. The maximum atomic E-state index is 12.3. The van der Waals surface area contributed by atoms with Gasteiger partial charge in [-0.15, -0.1) is 0 Å². The second-order valence-electron chi connectivity index (χ2n) is 5.65. The molecular weight excluding hydrogens is 449 g/mol. The lowest BCUT2D eigenvalue weighted by atomic mass is 10.1. The molecule has 0 aliphatic carbocycles. The summed E-state index contributed by atoms with van der Waals surface area (Å²) in [4.78, 5) is 25.8. The van der Waals surface area contributed by atoms with Crippen LogP contribution in [0.5, 0.6) is 0 Å². The van der Waals surface area contributed by atoms with Gasteiger partial charge in [-0.1, -0.05) is 12.1 Å². The first-order chi connectivity index (χ1) is 11.8. The van der Waals surface area contributed by atoms with Crippen molar-refractivity contribution in [3.8, 4) is 0 Å². The Kier molecular flexibility index (Phi) is 6.49. The standard InChI is InChI=1S/C18H18IN3O2S/c1-11-7-8-12(10-15(11)19)16(23)21-18(25)20-14-6-4-5-13(9-14)17(24)22(2)3/h4-10H,1-3H3,(H2,20,21,23,25). The number of aryl methyl sites for hydroxylation is 1. The predicted octanol–water partition coefficient (Wildman–Crippen LogP) is 3.43. The number of thiocarbonyl (C=S) groups is 1. The number of hydrogen-bond acceptors (Lipinski definition) is 3. The monoisotopic (exact) mass is 467 g/mol. The molecule has 7 heteroatoms. The van der Waals surface area contributed by atoms with Crippen molar-refractivity contribution in [1.82, 2.24) is 10.2 Å². The first kappa shape index (κ1) is 19.3. The van der Waals surface area contributed by atoms with Gasteiger partial charge in [0.2, 0.25) is 0 Å². The normalized spacial score (nSPS) is 10.1. The number of hydrogen-bond donors (Lipinski definition) is 2. The topological polar surface area (TPSA) is 61.4 Å². The lowest BCUT2D eigenvalue weighted by Gasteiger charge is -2.13. The van der Waals surface area contributed by atoms with Gasteiger partial charge in [0.25, 0.3) is 11.8 Å². The number of nitrogens with zero attached hydrogens (tertiary/aromatic N) is 1. The van der Waals surface area contributed by atoms with Gasteiger partial charge >= 0.3 is 0 Å². The Balaban J connectivity index is 2.05. The van der Waals surface area contributed by atoms with E-state index in [0.717, 1.165) is 9.13 Å². The molecule has 0 saturated carbocycles. The summed E-state index contributed by atoms with van der Waals surface area (Å²) in [5.41, 5.74) is 2.82. The Bertz CT molecular complexity index is 837. The molecule has 25 heavy (non-hydrogen) atoms. The van der Waals surface area contributed by atoms with Crippen LogP contribution in [0.15, 0.2) is 42.5 Å². The summed E-state index contributed by atoms with van der Waals surface area (Å²) in [6.07, 6.45) is 0. The Morgan fingerprint density at radius 1 is 1.08 bits per heavy atom. The van der Waals surface area contributed by atoms with E-state index < -0.39 is 0 Å². The molecule has 0 radical (unpaired) electrons. The third-order valence-electron chi connectivity index (χ3n) is 3.43. The molecule has 5 nitrogen and oxygen atoms in total. The number of nitrogens with one attached hydrogen (secondary N) is 2. The summed E-state index contributed by atoms with van der Waals surface area (Å²) in [5.74, 6) is -0.385. The van der Waals surface area contributed by atoms with E-state index >= 15 is 0 Å². The minimum Gasteiger partial charge on any atom is -0.345 e. The van der Waals surface area contributed by atoms with Crippen molar-refractivity contribution in [2.45, 2.75) is 6.92 Å². The van der Waals surface area contributed by atoms with Gasteiger partial charge in [0.1, 0.15) is 0 Å². The van der Waals surface area contributed by atoms with E-state index in [-0.39, 0.29) is 16.9 Å². The van der Waals surface area contributed by atoms with Crippen LogP contribution in [0.4, 0.5) is 5.69 Å². The molecule has 0 aromatic heterocycles. The fraction of sp³-hybridized carbons (Fsp3) is 0.167. The zero-order chi connectivity index (χ0) is 18.6. The van der Waals surface area contributed by atoms with Crippen LogP contribution >= 0.6 is 34.8 Å². The summed E-state index contributed by atoms with van der Waals surface area (Å²) in [5, 5.41) is 5.75. The number of amides is 2. The number of carbonyl (C=O) groups excluding carboxylic acids is 2. The van der Waals surface area contributed by atoms with Crippen molar-refractivity contribution in [1.29, 1.82) is 0 Å². The van der Waals surface area contributed by atoms with Gasteiger partial charge in [0.15, 0.2) is 5.11 Å². The van der Waals surface area contributed by atoms with Crippen LogP contribution in [0, 0.1) is 10.5 Å². The second kappa shape index (κ2) is 8.39. The fourth-order valence-corrected chi connectivity index (χ4v) is 2.79. The smallest absolute Gasteiger partial charge is 0.257 e. The maximum Gasteiger partial charge on any atom is 0.257 e. The average Bonchev–Trinajstić information content (AvgIpc) is 2.56. The summed E-state index contributed by atoms with van der Waals surface area (Å²) in [6, 6.07) is 12.4. The minimum atomic E-state index is -0.282. The summed E-state index contributed by atoms with van der Waals surface area (Å²) in [7, 11) is 3.38. The molecule has 2 aromatic carbocycles. The molecule has 2 aromatic rings. The van der Waals surface area contributed by atoms with Crippen LogP contribution in [-0.4, -0.2) is 35.9 Å². The van der Waals surface area contributed by atoms with E-state index in [9.17, 15) is 9.59 Å². The van der Waals surface area contributed by atoms with E-state index in [4.69, 9.17) is 12.2 Å². The summed E-state index contributed by atoms with van der Waals surface area (Å²) >= 11 is 7.38. The molecule has 2 amide bonds. The van der Waals surface area contributed by atoms with Gasteiger partial charge in [-0.3, -0.25) is 14.9 Å². The maximum absolute atomic E-state index is 12.3. The van der Waals surface area contributed by atoms with Gasteiger partial charge in [0.05, 0.1) is 0 Å². The summed E-state index contributed by atoms with van der Waals surface area (Å²) < 4.78 is 1.01. The quantitative estimate of drug-likeness (QED) is 0.537. The fourth-order valence-electron chi connectivity index (χ4n) is 2.06. The Labute approximate surface area is 165 Å². The van der Waals surface area contributed by atoms with Crippen LogP contribution in [-0.2, 0) is 0 Å². The van der Waals surface area contributed by atoms with E-state index in [2.05, 4.69) is 33.2 Å². The molecule has 0 aliphatic rings. The molecule has 130 valence electrons. The van der Waals surface area contributed by atoms with Gasteiger partial charge in [-0.2, -0.15) is 0 Å². The highest BCUT2D eigenvalue weighted by Gasteiger charge is 2.11. The molecule has 0 aliphatic heterocycles. The molecule has 2 rings (SSSR count). The first-order valence-electron chi connectivity index (χ1n) is 7.48. The second-order valence-corrected chi connectivity index (χ2v) is 7.22. The van der Waals surface area contributed by atoms with Crippen LogP contribution in [0.1, 0.15) is 26.3 Å². The zero-order valence-corrected chi connectivity index (χ0v) is 17.1. The molecule has 2 N–H and O–H groups in total. The third-order valence-corrected chi connectivity index (χ3v) is 4.80. The zero-order valence-electron chi connectivity index (χ0n) is 14.1. The first-order valence-corrected chi connectivity index (χ1v) is 8.97. The highest BCUT2D eigenvalue weighted by molar-refractivity contribution is 14.1. The number of halogens is 1. The van der Waals surface area contributed by atoms with Crippen LogP contribution in [0.25, 0.3) is 0 Å². The Morgan fingerprint density at radius 3 is 2.44 bits per heavy atom. The van der Waals surface area contributed by atoms with Crippen LogP contribution in [0.3, 0.4) is 0 Å². The van der Waals surface area contributed by atoms with E-state index in [1.165, 1.54) is 4.90 Å². The lowest BCUT2D eigenvalue weighted by Crippen LogP contribution is -2.34. The Morgan fingerprint density at radius 2 is 1.80 bits per heavy atom. The molecule has 0 unspecified atom stereocenters. The van der Waals surface area contributed by atoms with Gasteiger partial charge in [-0.05, 0) is 77.6 Å². The van der Waals surface area contributed by atoms with Gasteiger partial charge in [0, 0.05) is 34.5 Å². The molecule has 0 atom stereocenters. The minimum absolute atomic E-state index is 0.104. The average molecular weight is 467 g/mol. The number of carbonyl (C=O) groups is 2. The van der Waals surface area contributed by atoms with Gasteiger partial charge in [-0.25, -0.2) is 0 Å². The van der Waals surface area contributed by atoms with Crippen molar-refractivity contribution in [3.05, 3.63) is 62.7 Å². The molecule has 0 heterocycles. The Hall–Kier alpha value is -2.00. The van der Waals surface area contributed by atoms with E-state index in [1.54, 1.807) is 44.4 Å². The molecule has 0 fully saturated rings. The van der Waals surface area contributed by atoms with Crippen molar-refractivity contribution in [2.24, 2.45) is 0 Å². The van der Waals surface area contributed by atoms with Crippen molar-refractivity contribution in [3.63, 3.8) is 0 Å².